The fourth-order valence-electron chi connectivity index (χ4n) is 1.99. The molecule has 3 aromatic rings. The number of carbonyl (C=O) groups excluding carboxylic acids is 2. The van der Waals surface area contributed by atoms with Crippen molar-refractivity contribution in [3.05, 3.63) is 52.3 Å². The summed E-state index contributed by atoms with van der Waals surface area (Å²) in [7, 11) is 1.31. The zero-order chi connectivity index (χ0) is 14.8. The van der Waals surface area contributed by atoms with Crippen molar-refractivity contribution in [1.82, 2.24) is 4.98 Å². The van der Waals surface area contributed by atoms with E-state index in [2.05, 4.69) is 15.0 Å². The van der Waals surface area contributed by atoms with Crippen molar-refractivity contribution < 1.29 is 14.3 Å². The Kier molecular flexibility index (Phi) is 3.45. The second-order valence-corrected chi connectivity index (χ2v) is 5.47. The molecule has 0 radical (unpaired) electrons. The lowest BCUT2D eigenvalue weighted by Crippen LogP contribution is -2.09. The third-order valence-electron chi connectivity index (χ3n) is 3.03. The van der Waals surface area contributed by atoms with Crippen LogP contribution in [0.4, 0.5) is 5.69 Å². The first-order valence-corrected chi connectivity index (χ1v) is 7.05. The Morgan fingerprint density at radius 1 is 1.14 bits per heavy atom. The Morgan fingerprint density at radius 3 is 2.76 bits per heavy atom. The van der Waals surface area contributed by atoms with Gasteiger partial charge >= 0.3 is 5.97 Å². The first-order chi connectivity index (χ1) is 10.2. The smallest absolute Gasteiger partial charge is 0.348 e. The minimum absolute atomic E-state index is 0.245. The van der Waals surface area contributed by atoms with Crippen LogP contribution < -0.4 is 5.32 Å². The highest BCUT2D eigenvalue weighted by molar-refractivity contribution is 7.16. The van der Waals surface area contributed by atoms with Gasteiger partial charge in [0.15, 0.2) is 0 Å². The molecule has 106 valence electrons. The van der Waals surface area contributed by atoms with E-state index in [1.165, 1.54) is 7.11 Å². The summed E-state index contributed by atoms with van der Waals surface area (Å²) in [5.74, 6) is -0.683. The molecule has 1 aromatic carbocycles. The molecule has 6 heteroatoms. The molecule has 0 aliphatic carbocycles. The number of aromatic amines is 1. The number of H-pyrrole nitrogens is 1. The van der Waals surface area contributed by atoms with E-state index >= 15 is 0 Å². The van der Waals surface area contributed by atoms with Crippen LogP contribution in [-0.4, -0.2) is 24.0 Å². The molecule has 0 fully saturated rings. The van der Waals surface area contributed by atoms with Gasteiger partial charge in [0.25, 0.3) is 5.91 Å². The average molecular weight is 300 g/mol. The minimum Gasteiger partial charge on any atom is -0.465 e. The number of nitrogens with one attached hydrogen (secondary N) is 2. The van der Waals surface area contributed by atoms with Crippen LogP contribution in [0.3, 0.4) is 0 Å². The highest BCUT2D eigenvalue weighted by atomic mass is 32.1. The maximum absolute atomic E-state index is 12.2. The van der Waals surface area contributed by atoms with E-state index in [4.69, 9.17) is 0 Å². The van der Waals surface area contributed by atoms with Gasteiger partial charge in [-0.15, -0.1) is 11.3 Å². The van der Waals surface area contributed by atoms with Gasteiger partial charge < -0.3 is 15.0 Å². The number of fused-ring (bicyclic) bond motifs is 1. The lowest BCUT2D eigenvalue weighted by Gasteiger charge is -2.03. The van der Waals surface area contributed by atoms with Gasteiger partial charge in [-0.25, -0.2) is 4.79 Å². The van der Waals surface area contributed by atoms with Crippen molar-refractivity contribution in [1.29, 1.82) is 0 Å². The zero-order valence-electron chi connectivity index (χ0n) is 11.2. The topological polar surface area (TPSA) is 71.2 Å². The second kappa shape index (κ2) is 5.41. The summed E-state index contributed by atoms with van der Waals surface area (Å²) in [4.78, 5) is 27.5. The van der Waals surface area contributed by atoms with E-state index in [0.29, 0.717) is 15.4 Å². The number of rotatable bonds is 3. The van der Waals surface area contributed by atoms with Gasteiger partial charge in [-0.3, -0.25) is 4.79 Å². The third-order valence-corrected chi connectivity index (χ3v) is 4.09. The van der Waals surface area contributed by atoms with E-state index < -0.39 is 5.97 Å². The summed E-state index contributed by atoms with van der Waals surface area (Å²) in [5.41, 5.74) is 1.72. The van der Waals surface area contributed by atoms with Crippen molar-refractivity contribution in [3.63, 3.8) is 0 Å². The Balaban J connectivity index is 1.79. The van der Waals surface area contributed by atoms with Crippen LogP contribution in [0.2, 0.25) is 0 Å². The summed E-state index contributed by atoms with van der Waals surface area (Å²) < 4.78 is 4.62. The summed E-state index contributed by atoms with van der Waals surface area (Å²) in [6.45, 7) is 0. The first-order valence-electron chi connectivity index (χ1n) is 6.24. The van der Waals surface area contributed by atoms with Crippen LogP contribution in [0.15, 0.2) is 42.6 Å². The molecule has 0 unspecified atom stereocenters. The molecule has 21 heavy (non-hydrogen) atoms. The monoisotopic (exact) mass is 300 g/mol. The molecule has 2 aromatic heterocycles. The maximum atomic E-state index is 12.2. The average Bonchev–Trinajstić information content (AvgIpc) is 3.14. The van der Waals surface area contributed by atoms with Gasteiger partial charge in [-0.1, -0.05) is 0 Å². The van der Waals surface area contributed by atoms with Gasteiger partial charge in [-0.2, -0.15) is 0 Å². The van der Waals surface area contributed by atoms with Crippen molar-refractivity contribution in [3.8, 4) is 0 Å². The van der Waals surface area contributed by atoms with Crippen LogP contribution in [-0.2, 0) is 4.74 Å². The largest absolute Gasteiger partial charge is 0.465 e. The lowest BCUT2D eigenvalue weighted by atomic mass is 10.2. The number of thiophene rings is 1. The number of ether oxygens (including phenoxy) is 1. The molecule has 2 heterocycles. The van der Waals surface area contributed by atoms with Crippen LogP contribution >= 0.6 is 11.3 Å². The summed E-state index contributed by atoms with van der Waals surface area (Å²) in [6.07, 6.45) is 1.85. The van der Waals surface area contributed by atoms with Gasteiger partial charge in [0.1, 0.15) is 4.88 Å². The summed E-state index contributed by atoms with van der Waals surface area (Å²) >= 11 is 1.11. The SMILES string of the molecule is COC(=O)c1ccc(C(=O)Nc2ccc3[nH]ccc3c2)s1. The van der Waals surface area contributed by atoms with E-state index in [1.807, 2.05) is 30.5 Å². The quantitative estimate of drug-likeness (QED) is 0.729. The number of hydrogen-bond acceptors (Lipinski definition) is 4. The molecule has 0 saturated carbocycles. The highest BCUT2D eigenvalue weighted by Crippen LogP contribution is 2.21. The Bertz CT molecular complexity index is 819. The molecular formula is C15H12N2O3S. The molecule has 0 atom stereocenters. The lowest BCUT2D eigenvalue weighted by molar-refractivity contribution is 0.0606. The van der Waals surface area contributed by atoms with Gasteiger partial charge in [0, 0.05) is 22.8 Å². The fraction of sp³-hybridized carbons (Fsp3) is 0.0667. The second-order valence-electron chi connectivity index (χ2n) is 4.39. The van der Waals surface area contributed by atoms with Crippen molar-refractivity contribution >= 4 is 39.8 Å². The van der Waals surface area contributed by atoms with Gasteiger partial charge in [0.2, 0.25) is 0 Å². The number of amides is 1. The number of hydrogen-bond donors (Lipinski definition) is 2. The van der Waals surface area contributed by atoms with E-state index in [-0.39, 0.29) is 5.91 Å². The molecule has 3 rings (SSSR count). The van der Waals surface area contributed by atoms with Crippen LogP contribution in [0.1, 0.15) is 19.3 Å². The Labute approximate surface area is 124 Å². The van der Waals surface area contributed by atoms with Crippen molar-refractivity contribution in [2.24, 2.45) is 0 Å². The maximum Gasteiger partial charge on any atom is 0.348 e. The normalized spacial score (nSPS) is 10.5. The number of carbonyl (C=O) groups is 2. The number of esters is 1. The molecule has 0 aliphatic rings. The van der Waals surface area contributed by atoms with Gasteiger partial charge in [0.05, 0.1) is 12.0 Å². The predicted octanol–water partition coefficient (Wildman–Crippen LogP) is 3.27. The Hall–Kier alpha value is -2.60. The van der Waals surface area contributed by atoms with Crippen molar-refractivity contribution in [2.45, 2.75) is 0 Å². The first kappa shape index (κ1) is 13.4. The standard InChI is InChI=1S/C15H12N2O3S/c1-20-15(19)13-5-4-12(21-13)14(18)17-10-2-3-11-9(8-10)6-7-16-11/h2-8,16H,1H3,(H,17,18). The molecule has 0 spiro atoms. The van der Waals surface area contributed by atoms with Gasteiger partial charge in [-0.05, 0) is 36.4 Å². The molecule has 5 nitrogen and oxygen atoms in total. The molecule has 0 bridgehead atoms. The third kappa shape index (κ3) is 2.66. The fourth-order valence-corrected chi connectivity index (χ4v) is 2.81. The van der Waals surface area contributed by atoms with Crippen molar-refractivity contribution in [2.75, 3.05) is 12.4 Å². The molecular weight excluding hydrogens is 288 g/mol. The summed E-state index contributed by atoms with van der Waals surface area (Å²) in [6, 6.07) is 10.7. The summed E-state index contributed by atoms with van der Waals surface area (Å²) in [5, 5.41) is 3.84. The Morgan fingerprint density at radius 2 is 1.95 bits per heavy atom. The molecule has 0 saturated heterocycles. The van der Waals surface area contributed by atoms with Crippen LogP contribution in [0, 0.1) is 0 Å². The van der Waals surface area contributed by atoms with E-state index in [9.17, 15) is 9.59 Å². The minimum atomic E-state index is -0.437. The van der Waals surface area contributed by atoms with E-state index in [0.717, 1.165) is 22.2 Å². The highest BCUT2D eigenvalue weighted by Gasteiger charge is 2.14. The number of benzene rings is 1. The predicted molar refractivity (Wildman–Crippen MR) is 81.9 cm³/mol. The van der Waals surface area contributed by atoms with E-state index in [1.54, 1.807) is 12.1 Å². The zero-order valence-corrected chi connectivity index (χ0v) is 12.0. The van der Waals surface area contributed by atoms with Crippen LogP contribution in [0.25, 0.3) is 10.9 Å². The number of aromatic nitrogens is 1. The number of methoxy groups -OCH3 is 1. The molecule has 1 amide bonds. The van der Waals surface area contributed by atoms with Crippen LogP contribution in [0.5, 0.6) is 0 Å². The molecule has 2 N–H and O–H groups in total. The number of anilines is 1. The molecule has 0 aliphatic heterocycles.